The number of halogens is 1. The highest BCUT2D eigenvalue weighted by Gasteiger charge is 2.06. The monoisotopic (exact) mass is 262 g/mol. The largest absolute Gasteiger partial charge is 0.465 e. The Bertz CT molecular complexity index is 566. The number of anilines is 1. The third kappa shape index (κ3) is 3.93. The fraction of sp³-hybridized carbons (Fsp3) is 0.214. The van der Waals surface area contributed by atoms with Gasteiger partial charge in [-0.1, -0.05) is 12.1 Å². The third-order valence-electron chi connectivity index (χ3n) is 2.53. The molecule has 0 saturated heterocycles. The van der Waals surface area contributed by atoms with E-state index in [2.05, 4.69) is 10.6 Å². The minimum Gasteiger partial charge on any atom is -0.465 e. The molecule has 100 valence electrons. The molecule has 0 unspecified atom stereocenters. The van der Waals surface area contributed by atoms with Crippen molar-refractivity contribution < 1.29 is 13.6 Å². The Morgan fingerprint density at radius 3 is 2.74 bits per heavy atom. The molecular weight excluding hydrogens is 247 g/mol. The van der Waals surface area contributed by atoms with E-state index in [4.69, 9.17) is 4.42 Å². The first kappa shape index (κ1) is 13.3. The number of hydrogen-bond acceptors (Lipinski definition) is 3. The Labute approximate surface area is 110 Å². The molecule has 1 aromatic carbocycles. The van der Waals surface area contributed by atoms with Crippen molar-refractivity contribution in [3.63, 3.8) is 0 Å². The summed E-state index contributed by atoms with van der Waals surface area (Å²) in [6.07, 6.45) is 0. The van der Waals surface area contributed by atoms with Crippen LogP contribution in [0, 0.1) is 12.7 Å². The highest BCUT2D eigenvalue weighted by Crippen LogP contribution is 2.11. The predicted octanol–water partition coefficient (Wildman–Crippen LogP) is 2.46. The van der Waals surface area contributed by atoms with Gasteiger partial charge in [-0.05, 0) is 31.2 Å². The second kappa shape index (κ2) is 6.15. The normalized spacial score (nSPS) is 10.4. The molecule has 2 rings (SSSR count). The van der Waals surface area contributed by atoms with E-state index in [0.717, 1.165) is 11.5 Å². The fourth-order valence-electron chi connectivity index (χ4n) is 1.64. The van der Waals surface area contributed by atoms with Gasteiger partial charge in [-0.3, -0.25) is 4.79 Å². The highest BCUT2D eigenvalue weighted by molar-refractivity contribution is 5.92. The zero-order chi connectivity index (χ0) is 13.7. The van der Waals surface area contributed by atoms with Crippen molar-refractivity contribution in [3.05, 3.63) is 53.7 Å². The molecule has 0 aliphatic rings. The van der Waals surface area contributed by atoms with Crippen LogP contribution in [0.4, 0.5) is 10.1 Å². The number of para-hydroxylation sites is 1. The van der Waals surface area contributed by atoms with Crippen molar-refractivity contribution in [1.82, 2.24) is 5.32 Å². The molecule has 2 aromatic rings. The summed E-state index contributed by atoms with van der Waals surface area (Å²) in [6.45, 7) is 2.40. The number of benzene rings is 1. The summed E-state index contributed by atoms with van der Waals surface area (Å²) in [4.78, 5) is 11.6. The van der Waals surface area contributed by atoms with E-state index in [1.165, 1.54) is 12.1 Å². The van der Waals surface area contributed by atoms with Crippen LogP contribution in [0.3, 0.4) is 0 Å². The molecule has 1 heterocycles. The molecule has 0 spiro atoms. The molecule has 1 amide bonds. The summed E-state index contributed by atoms with van der Waals surface area (Å²) in [6, 6.07) is 9.76. The van der Waals surface area contributed by atoms with Gasteiger partial charge in [-0.15, -0.1) is 0 Å². The summed E-state index contributed by atoms with van der Waals surface area (Å²) in [5.74, 6) is 0.842. The maximum absolute atomic E-state index is 13.3. The van der Waals surface area contributed by atoms with Crippen LogP contribution in [0.1, 0.15) is 11.5 Å². The number of furan rings is 1. The van der Waals surface area contributed by atoms with Crippen molar-refractivity contribution in [1.29, 1.82) is 0 Å². The molecule has 0 aliphatic carbocycles. The van der Waals surface area contributed by atoms with E-state index in [9.17, 15) is 9.18 Å². The lowest BCUT2D eigenvalue weighted by Crippen LogP contribution is -2.27. The average Bonchev–Trinajstić information content (AvgIpc) is 2.78. The Hall–Kier alpha value is -2.14. The van der Waals surface area contributed by atoms with Crippen LogP contribution in [0.5, 0.6) is 0 Å². The van der Waals surface area contributed by atoms with Crippen LogP contribution in [0.15, 0.2) is 40.8 Å². The van der Waals surface area contributed by atoms with E-state index in [1.54, 1.807) is 12.1 Å². The van der Waals surface area contributed by atoms with Crippen molar-refractivity contribution in [2.45, 2.75) is 13.5 Å². The number of aryl methyl sites for hydroxylation is 1. The van der Waals surface area contributed by atoms with Gasteiger partial charge in [-0.2, -0.15) is 0 Å². The van der Waals surface area contributed by atoms with E-state index < -0.39 is 5.82 Å². The Kier molecular flexibility index (Phi) is 4.30. The molecule has 0 radical (unpaired) electrons. The molecule has 5 heteroatoms. The van der Waals surface area contributed by atoms with Crippen LogP contribution in [-0.2, 0) is 11.3 Å². The lowest BCUT2D eigenvalue weighted by molar-refractivity contribution is -0.115. The molecule has 0 saturated carbocycles. The second-order valence-corrected chi connectivity index (χ2v) is 4.14. The Morgan fingerprint density at radius 1 is 1.26 bits per heavy atom. The van der Waals surface area contributed by atoms with Crippen LogP contribution < -0.4 is 10.6 Å². The maximum Gasteiger partial charge on any atom is 0.238 e. The van der Waals surface area contributed by atoms with Crippen molar-refractivity contribution >= 4 is 11.6 Å². The fourth-order valence-corrected chi connectivity index (χ4v) is 1.64. The number of carbonyl (C=O) groups is 1. The molecule has 0 aliphatic heterocycles. The van der Waals surface area contributed by atoms with E-state index in [-0.39, 0.29) is 18.1 Å². The van der Waals surface area contributed by atoms with Crippen LogP contribution >= 0.6 is 0 Å². The maximum atomic E-state index is 13.3. The summed E-state index contributed by atoms with van der Waals surface area (Å²) in [5.41, 5.74) is 0.183. The van der Waals surface area contributed by atoms with Gasteiger partial charge in [0.2, 0.25) is 5.91 Å². The number of hydrogen-bond donors (Lipinski definition) is 2. The summed E-state index contributed by atoms with van der Waals surface area (Å²) in [7, 11) is 0. The lowest BCUT2D eigenvalue weighted by Gasteiger charge is -2.06. The number of nitrogens with one attached hydrogen (secondary N) is 2. The zero-order valence-electron chi connectivity index (χ0n) is 10.6. The van der Waals surface area contributed by atoms with Crippen molar-refractivity contribution in [2.75, 3.05) is 11.9 Å². The molecule has 4 nitrogen and oxygen atoms in total. The lowest BCUT2D eigenvalue weighted by atomic mass is 10.3. The molecule has 0 atom stereocenters. The van der Waals surface area contributed by atoms with Gasteiger partial charge in [0.1, 0.15) is 17.3 Å². The third-order valence-corrected chi connectivity index (χ3v) is 2.53. The molecule has 19 heavy (non-hydrogen) atoms. The minimum absolute atomic E-state index is 0.0914. The number of amides is 1. The molecule has 2 N–H and O–H groups in total. The second-order valence-electron chi connectivity index (χ2n) is 4.14. The van der Waals surface area contributed by atoms with Gasteiger partial charge >= 0.3 is 0 Å². The van der Waals surface area contributed by atoms with E-state index >= 15 is 0 Å². The van der Waals surface area contributed by atoms with Gasteiger partial charge < -0.3 is 15.1 Å². The Morgan fingerprint density at radius 2 is 2.05 bits per heavy atom. The smallest absolute Gasteiger partial charge is 0.238 e. The first-order valence-corrected chi connectivity index (χ1v) is 5.95. The molecular formula is C14H15FN2O2. The van der Waals surface area contributed by atoms with Gasteiger partial charge in [-0.25, -0.2) is 4.39 Å². The van der Waals surface area contributed by atoms with Crippen molar-refractivity contribution in [2.24, 2.45) is 0 Å². The number of rotatable bonds is 5. The van der Waals surface area contributed by atoms with Crippen molar-refractivity contribution in [3.8, 4) is 0 Å². The van der Waals surface area contributed by atoms with E-state index in [0.29, 0.717) is 6.54 Å². The molecule has 0 bridgehead atoms. The van der Waals surface area contributed by atoms with Gasteiger partial charge in [0, 0.05) is 0 Å². The quantitative estimate of drug-likeness (QED) is 0.870. The summed E-state index contributed by atoms with van der Waals surface area (Å²) >= 11 is 0. The number of carbonyl (C=O) groups excluding carboxylic acids is 1. The van der Waals surface area contributed by atoms with E-state index in [1.807, 2.05) is 19.1 Å². The highest BCUT2D eigenvalue weighted by atomic mass is 19.1. The molecule has 0 fully saturated rings. The zero-order valence-corrected chi connectivity index (χ0v) is 10.6. The summed E-state index contributed by atoms with van der Waals surface area (Å²) < 4.78 is 18.6. The van der Waals surface area contributed by atoms with Gasteiger partial charge in [0.15, 0.2) is 0 Å². The topological polar surface area (TPSA) is 54.3 Å². The standard InChI is InChI=1S/C14H15FN2O2/c1-10-6-7-11(19-10)8-16-9-14(18)17-13-5-3-2-4-12(13)15/h2-7,16H,8-9H2,1H3,(H,17,18). The van der Waals surface area contributed by atoms with Crippen LogP contribution in [0.25, 0.3) is 0 Å². The minimum atomic E-state index is -0.447. The first-order chi connectivity index (χ1) is 9.15. The van der Waals surface area contributed by atoms with Gasteiger partial charge in [0.05, 0.1) is 18.8 Å². The predicted molar refractivity (Wildman–Crippen MR) is 70.2 cm³/mol. The first-order valence-electron chi connectivity index (χ1n) is 5.95. The van der Waals surface area contributed by atoms with Gasteiger partial charge in [0.25, 0.3) is 0 Å². The Balaban J connectivity index is 1.77. The SMILES string of the molecule is Cc1ccc(CNCC(=O)Nc2ccccc2F)o1. The van der Waals surface area contributed by atoms with Crippen LogP contribution in [-0.4, -0.2) is 12.5 Å². The average molecular weight is 262 g/mol. The van der Waals surface area contributed by atoms with Crippen LogP contribution in [0.2, 0.25) is 0 Å². The molecule has 1 aromatic heterocycles. The summed E-state index contributed by atoms with van der Waals surface area (Å²) in [5, 5.41) is 5.42.